The molecule has 4 nitrogen and oxygen atoms in total. The van der Waals surface area contributed by atoms with E-state index in [2.05, 4.69) is 25.9 Å². The number of nitrogens with zero attached hydrogens (tertiary/aromatic N) is 1. The number of aliphatic hydroxyl groups excluding tert-OH is 1. The van der Waals surface area contributed by atoms with Crippen molar-refractivity contribution < 1.29 is 9.84 Å². The van der Waals surface area contributed by atoms with Crippen LogP contribution in [0.15, 0.2) is 28.9 Å². The molecule has 0 aliphatic rings. The van der Waals surface area contributed by atoms with E-state index in [9.17, 15) is 0 Å². The van der Waals surface area contributed by atoms with E-state index in [1.54, 1.807) is 13.3 Å². The molecular weight excluding hydrogens is 272 g/mol. The number of benzene rings is 1. The first-order chi connectivity index (χ1) is 7.74. The van der Waals surface area contributed by atoms with Crippen LogP contribution in [0.25, 0.3) is 11.4 Å². The van der Waals surface area contributed by atoms with E-state index in [1.807, 2.05) is 18.2 Å². The molecule has 2 rings (SSSR count). The van der Waals surface area contributed by atoms with Crippen LogP contribution in [0, 0.1) is 0 Å². The molecule has 2 N–H and O–H groups in total. The molecule has 5 heteroatoms. The van der Waals surface area contributed by atoms with Crippen LogP contribution >= 0.6 is 15.9 Å². The topological polar surface area (TPSA) is 58.1 Å². The summed E-state index contributed by atoms with van der Waals surface area (Å²) in [6, 6.07) is 5.64. The maximum atomic E-state index is 8.95. The summed E-state index contributed by atoms with van der Waals surface area (Å²) in [6.07, 6.45) is 1.62. The van der Waals surface area contributed by atoms with Crippen molar-refractivity contribution in [3.63, 3.8) is 0 Å². The monoisotopic (exact) mass is 282 g/mol. The quantitative estimate of drug-likeness (QED) is 0.909. The molecule has 0 spiro atoms. The molecule has 0 atom stereocenters. The van der Waals surface area contributed by atoms with E-state index in [4.69, 9.17) is 9.84 Å². The SMILES string of the molecule is COc1ccc(-c2ncc(CO)[nH]2)c(Br)c1. The molecule has 0 radical (unpaired) electrons. The highest BCUT2D eigenvalue weighted by Crippen LogP contribution is 2.29. The zero-order chi connectivity index (χ0) is 11.5. The third-order valence-corrected chi connectivity index (χ3v) is 2.89. The summed E-state index contributed by atoms with van der Waals surface area (Å²) < 4.78 is 6.01. The number of aliphatic hydroxyl groups is 1. The number of aromatic nitrogens is 2. The van der Waals surface area contributed by atoms with E-state index in [0.29, 0.717) is 5.69 Å². The molecule has 1 aromatic heterocycles. The lowest BCUT2D eigenvalue weighted by Gasteiger charge is -2.04. The molecule has 0 saturated carbocycles. The minimum Gasteiger partial charge on any atom is -0.497 e. The van der Waals surface area contributed by atoms with Crippen molar-refractivity contribution in [2.24, 2.45) is 0 Å². The highest BCUT2D eigenvalue weighted by atomic mass is 79.9. The maximum absolute atomic E-state index is 8.95. The van der Waals surface area contributed by atoms with Crippen LogP contribution in [0.2, 0.25) is 0 Å². The number of rotatable bonds is 3. The van der Waals surface area contributed by atoms with Crippen LogP contribution in [0.1, 0.15) is 5.69 Å². The Bertz CT molecular complexity index is 496. The summed E-state index contributed by atoms with van der Waals surface area (Å²) >= 11 is 3.45. The Morgan fingerprint density at radius 3 is 2.88 bits per heavy atom. The molecule has 0 bridgehead atoms. The van der Waals surface area contributed by atoms with Gasteiger partial charge in [0.05, 0.1) is 25.6 Å². The lowest BCUT2D eigenvalue weighted by atomic mass is 10.2. The van der Waals surface area contributed by atoms with E-state index >= 15 is 0 Å². The highest BCUT2D eigenvalue weighted by Gasteiger charge is 2.08. The fourth-order valence-electron chi connectivity index (χ4n) is 1.39. The summed E-state index contributed by atoms with van der Waals surface area (Å²) in [5.74, 6) is 1.50. The number of nitrogens with one attached hydrogen (secondary N) is 1. The molecule has 0 fully saturated rings. The van der Waals surface area contributed by atoms with Crippen LogP contribution in [0.5, 0.6) is 5.75 Å². The Morgan fingerprint density at radius 2 is 2.31 bits per heavy atom. The predicted molar refractivity (Wildman–Crippen MR) is 64.2 cm³/mol. The molecule has 2 aromatic rings. The average molecular weight is 283 g/mol. The largest absolute Gasteiger partial charge is 0.497 e. The van der Waals surface area contributed by atoms with Gasteiger partial charge in [-0.2, -0.15) is 0 Å². The van der Waals surface area contributed by atoms with Gasteiger partial charge in [0.25, 0.3) is 0 Å². The van der Waals surface area contributed by atoms with Crippen molar-refractivity contribution in [3.8, 4) is 17.1 Å². The smallest absolute Gasteiger partial charge is 0.138 e. The number of hydrogen-bond donors (Lipinski definition) is 2. The molecular formula is C11H11BrN2O2. The molecule has 1 aromatic carbocycles. The predicted octanol–water partition coefficient (Wildman–Crippen LogP) is 2.34. The van der Waals surface area contributed by atoms with E-state index in [-0.39, 0.29) is 6.61 Å². The van der Waals surface area contributed by atoms with Crippen LogP contribution in [-0.4, -0.2) is 22.2 Å². The summed E-state index contributed by atoms with van der Waals surface area (Å²) in [5.41, 5.74) is 1.62. The van der Waals surface area contributed by atoms with E-state index < -0.39 is 0 Å². The van der Waals surface area contributed by atoms with Crippen LogP contribution in [-0.2, 0) is 6.61 Å². The normalized spacial score (nSPS) is 10.4. The molecule has 84 valence electrons. The van der Waals surface area contributed by atoms with Gasteiger partial charge in [-0.1, -0.05) is 0 Å². The number of ether oxygens (including phenoxy) is 1. The maximum Gasteiger partial charge on any atom is 0.138 e. The standard InChI is InChI=1S/C11H11BrN2O2/c1-16-8-2-3-9(10(12)4-8)11-13-5-7(6-15)14-11/h2-5,15H,6H2,1H3,(H,13,14). The van der Waals surface area contributed by atoms with E-state index in [0.717, 1.165) is 21.6 Å². The Labute approximate surface area is 101 Å². The Kier molecular flexibility index (Phi) is 3.26. The molecule has 0 amide bonds. The second-order valence-electron chi connectivity index (χ2n) is 3.26. The Hall–Kier alpha value is -1.33. The Morgan fingerprint density at radius 1 is 1.50 bits per heavy atom. The summed E-state index contributed by atoms with van der Waals surface area (Å²) in [7, 11) is 1.62. The number of halogens is 1. The van der Waals surface area contributed by atoms with Gasteiger partial charge in [0.2, 0.25) is 0 Å². The molecule has 0 aliphatic heterocycles. The first kappa shape index (κ1) is 11.2. The molecule has 1 heterocycles. The zero-order valence-electron chi connectivity index (χ0n) is 8.70. The van der Waals surface area contributed by atoms with Crippen molar-refractivity contribution >= 4 is 15.9 Å². The number of hydrogen-bond acceptors (Lipinski definition) is 3. The summed E-state index contributed by atoms with van der Waals surface area (Å²) in [6.45, 7) is -0.0409. The Balaban J connectivity index is 2.40. The van der Waals surface area contributed by atoms with Crippen LogP contribution in [0.4, 0.5) is 0 Å². The lowest BCUT2D eigenvalue weighted by molar-refractivity contribution is 0.277. The minimum atomic E-state index is -0.0409. The second kappa shape index (κ2) is 4.67. The van der Waals surface area contributed by atoms with Gasteiger partial charge in [-0.25, -0.2) is 4.98 Å². The van der Waals surface area contributed by atoms with Crippen molar-refractivity contribution in [3.05, 3.63) is 34.6 Å². The number of methoxy groups -OCH3 is 1. The third kappa shape index (κ3) is 2.10. The molecule has 0 aliphatic carbocycles. The number of imidazole rings is 1. The van der Waals surface area contributed by atoms with Gasteiger partial charge in [-0.05, 0) is 34.1 Å². The molecule has 16 heavy (non-hydrogen) atoms. The summed E-state index contributed by atoms with van der Waals surface area (Å²) in [4.78, 5) is 7.21. The van der Waals surface area contributed by atoms with Crippen molar-refractivity contribution in [1.29, 1.82) is 0 Å². The molecule has 0 unspecified atom stereocenters. The van der Waals surface area contributed by atoms with Crippen molar-refractivity contribution in [2.45, 2.75) is 6.61 Å². The highest BCUT2D eigenvalue weighted by molar-refractivity contribution is 9.10. The van der Waals surface area contributed by atoms with Crippen molar-refractivity contribution in [2.75, 3.05) is 7.11 Å². The zero-order valence-corrected chi connectivity index (χ0v) is 10.3. The van der Waals surface area contributed by atoms with Crippen LogP contribution in [0.3, 0.4) is 0 Å². The lowest BCUT2D eigenvalue weighted by Crippen LogP contribution is -1.87. The van der Waals surface area contributed by atoms with Crippen LogP contribution < -0.4 is 4.74 Å². The van der Waals surface area contributed by atoms with Gasteiger partial charge in [0.1, 0.15) is 11.6 Å². The van der Waals surface area contributed by atoms with Gasteiger partial charge < -0.3 is 14.8 Å². The first-order valence-electron chi connectivity index (χ1n) is 4.73. The summed E-state index contributed by atoms with van der Waals surface area (Å²) in [5, 5.41) is 8.95. The van der Waals surface area contributed by atoms with Gasteiger partial charge in [-0.3, -0.25) is 0 Å². The fourth-order valence-corrected chi connectivity index (χ4v) is 1.94. The minimum absolute atomic E-state index is 0.0409. The second-order valence-corrected chi connectivity index (χ2v) is 4.12. The first-order valence-corrected chi connectivity index (χ1v) is 5.52. The van der Waals surface area contributed by atoms with Gasteiger partial charge >= 0.3 is 0 Å². The van der Waals surface area contributed by atoms with Gasteiger partial charge in [0.15, 0.2) is 0 Å². The molecule has 0 saturated heterocycles. The van der Waals surface area contributed by atoms with E-state index in [1.165, 1.54) is 0 Å². The van der Waals surface area contributed by atoms with Crippen molar-refractivity contribution in [1.82, 2.24) is 9.97 Å². The fraction of sp³-hybridized carbons (Fsp3) is 0.182. The number of H-pyrrole nitrogens is 1. The third-order valence-electron chi connectivity index (χ3n) is 2.23. The van der Waals surface area contributed by atoms with Gasteiger partial charge in [0, 0.05) is 10.0 Å². The number of aromatic amines is 1. The average Bonchev–Trinajstić information content (AvgIpc) is 2.77. The van der Waals surface area contributed by atoms with Gasteiger partial charge in [-0.15, -0.1) is 0 Å².